The van der Waals surface area contributed by atoms with Crippen molar-refractivity contribution in [3.8, 4) is 10.4 Å². The molecule has 138 valence electrons. The summed E-state index contributed by atoms with van der Waals surface area (Å²) in [7, 11) is 0. The van der Waals surface area contributed by atoms with Crippen LogP contribution in [0.3, 0.4) is 0 Å². The lowest BCUT2D eigenvalue weighted by Crippen LogP contribution is -2.41. The number of nitrogens with zero attached hydrogens (tertiary/aromatic N) is 1. The Hall–Kier alpha value is -2.70. The average Bonchev–Trinajstić information content (AvgIpc) is 3.35. The molecule has 0 saturated heterocycles. The number of nitrogens with one attached hydrogen (secondary N) is 2. The van der Waals surface area contributed by atoms with Gasteiger partial charge in [0.15, 0.2) is 0 Å². The van der Waals surface area contributed by atoms with E-state index in [1.165, 1.54) is 0 Å². The summed E-state index contributed by atoms with van der Waals surface area (Å²) in [6.45, 7) is 0.435. The highest BCUT2D eigenvalue weighted by molar-refractivity contribution is 7.14. The zero-order chi connectivity index (χ0) is 18.6. The third kappa shape index (κ3) is 3.86. The first-order chi connectivity index (χ1) is 13.2. The summed E-state index contributed by atoms with van der Waals surface area (Å²) in [5, 5.41) is 6.05. The van der Waals surface area contributed by atoms with Crippen LogP contribution in [0.15, 0.2) is 60.3 Å². The Balaban J connectivity index is 1.46. The predicted molar refractivity (Wildman–Crippen MR) is 111 cm³/mol. The molecule has 4 rings (SSSR count). The highest BCUT2D eigenvalue weighted by Crippen LogP contribution is 2.32. The van der Waals surface area contributed by atoms with Crippen molar-refractivity contribution in [1.82, 2.24) is 15.3 Å². The van der Waals surface area contributed by atoms with Crippen molar-refractivity contribution in [2.75, 3.05) is 6.54 Å². The molecule has 0 radical (unpaired) electrons. The van der Waals surface area contributed by atoms with Gasteiger partial charge in [0.25, 0.3) is 5.91 Å². The summed E-state index contributed by atoms with van der Waals surface area (Å²) < 4.78 is 0. The van der Waals surface area contributed by atoms with Gasteiger partial charge in [-0.15, -0.1) is 11.3 Å². The Kier molecular flexibility index (Phi) is 5.18. The van der Waals surface area contributed by atoms with Gasteiger partial charge in [0, 0.05) is 46.2 Å². The van der Waals surface area contributed by atoms with Crippen LogP contribution in [-0.4, -0.2) is 28.5 Å². The number of aromatic nitrogens is 2. The summed E-state index contributed by atoms with van der Waals surface area (Å²) in [6.07, 6.45) is 14.0. The van der Waals surface area contributed by atoms with Gasteiger partial charge in [0.2, 0.25) is 0 Å². The fraction of sp³-hybridized carbons (Fsp3) is 0.238. The number of amides is 1. The second-order valence-electron chi connectivity index (χ2n) is 6.75. The summed E-state index contributed by atoms with van der Waals surface area (Å²) in [5.41, 5.74) is 8.49. The molecule has 0 aliphatic heterocycles. The number of thiophene rings is 1. The normalized spacial score (nSPS) is 17.3. The van der Waals surface area contributed by atoms with Gasteiger partial charge < -0.3 is 16.0 Å². The van der Waals surface area contributed by atoms with Crippen molar-refractivity contribution in [3.63, 3.8) is 0 Å². The lowest BCUT2D eigenvalue weighted by molar-refractivity contribution is 0.0934. The molecule has 0 saturated carbocycles. The van der Waals surface area contributed by atoms with E-state index in [9.17, 15) is 4.79 Å². The molecule has 2 unspecified atom stereocenters. The number of nitrogens with two attached hydrogens (primary N) is 1. The van der Waals surface area contributed by atoms with Gasteiger partial charge in [-0.05, 0) is 37.0 Å². The second kappa shape index (κ2) is 7.90. The summed E-state index contributed by atoms with van der Waals surface area (Å²) in [4.78, 5) is 21.2. The van der Waals surface area contributed by atoms with Gasteiger partial charge in [-0.1, -0.05) is 24.3 Å². The first-order valence-corrected chi connectivity index (χ1v) is 9.98. The molecule has 1 aliphatic carbocycles. The predicted octanol–water partition coefficient (Wildman–Crippen LogP) is 3.87. The Morgan fingerprint density at radius 2 is 2.37 bits per heavy atom. The third-order valence-electron chi connectivity index (χ3n) is 4.85. The maximum atomic E-state index is 12.7. The van der Waals surface area contributed by atoms with Crippen LogP contribution in [0.1, 0.15) is 23.2 Å². The highest BCUT2D eigenvalue weighted by atomic mass is 32.1. The van der Waals surface area contributed by atoms with Crippen LogP contribution in [-0.2, 0) is 0 Å². The van der Waals surface area contributed by atoms with Crippen LogP contribution in [0.2, 0.25) is 0 Å². The molecular formula is C21H22N4OS. The fourth-order valence-electron chi connectivity index (χ4n) is 3.41. The van der Waals surface area contributed by atoms with Gasteiger partial charge in [0.05, 0.1) is 5.56 Å². The Morgan fingerprint density at radius 1 is 1.44 bits per heavy atom. The molecule has 2 atom stereocenters. The van der Waals surface area contributed by atoms with Gasteiger partial charge in [-0.2, -0.15) is 0 Å². The van der Waals surface area contributed by atoms with Crippen molar-refractivity contribution in [2.45, 2.75) is 18.9 Å². The van der Waals surface area contributed by atoms with Gasteiger partial charge in [0.1, 0.15) is 5.65 Å². The molecule has 3 aromatic rings. The van der Waals surface area contributed by atoms with Gasteiger partial charge >= 0.3 is 0 Å². The van der Waals surface area contributed by atoms with E-state index in [-0.39, 0.29) is 11.9 Å². The molecule has 6 heteroatoms. The van der Waals surface area contributed by atoms with Crippen LogP contribution < -0.4 is 11.1 Å². The number of H-pyrrole nitrogens is 1. The standard InChI is InChI=1S/C21H22N4OS/c22-11-16(9-14-5-2-1-3-6-14)25-21(26)15-10-19(27-13-15)18-12-24-20-17(18)7-4-8-23-20/h1-5,7-8,10,12-14,16H,6,9,11,22H2,(H,23,24)(H,25,26). The quantitative estimate of drug-likeness (QED) is 0.609. The van der Waals surface area contributed by atoms with E-state index >= 15 is 0 Å². The van der Waals surface area contributed by atoms with E-state index < -0.39 is 0 Å². The van der Waals surface area contributed by atoms with E-state index in [1.807, 2.05) is 29.8 Å². The number of hydrogen-bond donors (Lipinski definition) is 3. The minimum atomic E-state index is -0.0683. The van der Waals surface area contributed by atoms with E-state index in [1.54, 1.807) is 17.5 Å². The molecular weight excluding hydrogens is 356 g/mol. The molecule has 4 N–H and O–H groups in total. The molecule has 5 nitrogen and oxygen atoms in total. The van der Waals surface area contributed by atoms with Crippen molar-refractivity contribution in [2.24, 2.45) is 11.7 Å². The Morgan fingerprint density at radius 3 is 3.19 bits per heavy atom. The maximum absolute atomic E-state index is 12.7. The topological polar surface area (TPSA) is 83.8 Å². The van der Waals surface area contributed by atoms with E-state index in [2.05, 4.69) is 39.6 Å². The van der Waals surface area contributed by atoms with Crippen LogP contribution in [0.25, 0.3) is 21.5 Å². The average molecular weight is 379 g/mol. The monoisotopic (exact) mass is 378 g/mol. The molecule has 3 heterocycles. The Labute approximate surface area is 162 Å². The maximum Gasteiger partial charge on any atom is 0.252 e. The number of fused-ring (bicyclic) bond motifs is 1. The lowest BCUT2D eigenvalue weighted by atomic mass is 9.93. The zero-order valence-electron chi connectivity index (χ0n) is 14.9. The summed E-state index contributed by atoms with van der Waals surface area (Å²) >= 11 is 1.56. The number of pyridine rings is 1. The molecule has 0 fully saturated rings. The summed E-state index contributed by atoms with van der Waals surface area (Å²) in [6, 6.07) is 5.86. The summed E-state index contributed by atoms with van der Waals surface area (Å²) in [5.74, 6) is 0.363. The number of aromatic amines is 1. The molecule has 3 aromatic heterocycles. The number of allylic oxidation sites excluding steroid dienone is 4. The fourth-order valence-corrected chi connectivity index (χ4v) is 4.33. The van der Waals surface area contributed by atoms with Crippen LogP contribution >= 0.6 is 11.3 Å². The van der Waals surface area contributed by atoms with Crippen molar-refractivity contribution in [1.29, 1.82) is 0 Å². The third-order valence-corrected chi connectivity index (χ3v) is 5.82. The minimum absolute atomic E-state index is 0.0284. The number of hydrogen-bond acceptors (Lipinski definition) is 4. The number of carbonyl (C=O) groups excluding carboxylic acids is 1. The molecule has 0 aromatic carbocycles. The smallest absolute Gasteiger partial charge is 0.252 e. The SMILES string of the molecule is NCC(CC1C=CC=CC1)NC(=O)c1csc(-c2c[nH]c3ncccc23)c1. The van der Waals surface area contributed by atoms with Crippen LogP contribution in [0, 0.1) is 5.92 Å². The minimum Gasteiger partial charge on any atom is -0.348 e. The highest BCUT2D eigenvalue weighted by Gasteiger charge is 2.18. The molecule has 27 heavy (non-hydrogen) atoms. The molecule has 0 spiro atoms. The van der Waals surface area contributed by atoms with Crippen molar-refractivity contribution >= 4 is 28.3 Å². The van der Waals surface area contributed by atoms with Crippen LogP contribution in [0.5, 0.6) is 0 Å². The van der Waals surface area contributed by atoms with E-state index in [0.717, 1.165) is 34.3 Å². The van der Waals surface area contributed by atoms with E-state index in [0.29, 0.717) is 18.0 Å². The van der Waals surface area contributed by atoms with Crippen molar-refractivity contribution in [3.05, 3.63) is 65.8 Å². The number of rotatable bonds is 6. The van der Waals surface area contributed by atoms with Gasteiger partial charge in [-0.3, -0.25) is 4.79 Å². The van der Waals surface area contributed by atoms with Gasteiger partial charge in [-0.25, -0.2) is 4.98 Å². The lowest BCUT2D eigenvalue weighted by Gasteiger charge is -2.21. The molecule has 0 bridgehead atoms. The molecule has 1 aliphatic rings. The first kappa shape index (κ1) is 17.7. The first-order valence-electron chi connectivity index (χ1n) is 9.10. The largest absolute Gasteiger partial charge is 0.348 e. The zero-order valence-corrected chi connectivity index (χ0v) is 15.7. The Bertz CT molecular complexity index is 1000. The second-order valence-corrected chi connectivity index (χ2v) is 7.66. The number of carbonyl (C=O) groups is 1. The molecule has 1 amide bonds. The van der Waals surface area contributed by atoms with E-state index in [4.69, 9.17) is 5.73 Å². The van der Waals surface area contributed by atoms with Crippen LogP contribution in [0.4, 0.5) is 0 Å². The van der Waals surface area contributed by atoms with Crippen molar-refractivity contribution < 1.29 is 4.79 Å².